The summed E-state index contributed by atoms with van der Waals surface area (Å²) < 4.78 is 134. The number of carboxylic acids is 1. The minimum atomic E-state index is -1.79. The van der Waals surface area contributed by atoms with E-state index in [1.165, 1.54) is 7.11 Å². The fourth-order valence-corrected chi connectivity index (χ4v) is 14.2. The van der Waals surface area contributed by atoms with E-state index in [0.717, 1.165) is 119 Å². The number of aliphatic carboxylic acids is 1. The zero-order valence-electron chi connectivity index (χ0n) is 58.0. The molecular weight excluding hydrogens is 1710 g/mol. The van der Waals surface area contributed by atoms with Gasteiger partial charge in [0.05, 0.1) is 34.3 Å². The van der Waals surface area contributed by atoms with Gasteiger partial charge in [-0.1, -0.05) is 222 Å². The Morgan fingerprint density at radius 1 is 0.391 bits per heavy atom. The number of esters is 2. The second kappa shape index (κ2) is 42.6. The summed E-state index contributed by atoms with van der Waals surface area (Å²) in [5.74, 6) is -14.3. The number of carboxylic acid groups (broad SMARTS) is 1. The summed E-state index contributed by atoms with van der Waals surface area (Å²) in [5, 5.41) is 50.9. The Morgan fingerprint density at radius 2 is 0.652 bits per heavy atom. The van der Waals surface area contributed by atoms with Crippen LogP contribution in [-0.2, 0) is 43.1 Å². The highest BCUT2D eigenvalue weighted by Gasteiger charge is 2.31. The average molecular weight is 1770 g/mol. The molecule has 0 aliphatic rings. The molecule has 0 saturated carbocycles. The van der Waals surface area contributed by atoms with E-state index in [4.69, 9.17) is 99.9 Å². The number of hydrogen-bond donors (Lipinski definition) is 6. The normalized spacial score (nSPS) is 11.3. The lowest BCUT2D eigenvalue weighted by Crippen LogP contribution is -2.43. The maximum absolute atomic E-state index is 14.1. The first-order valence-electron chi connectivity index (χ1n) is 32.6. The van der Waals surface area contributed by atoms with Gasteiger partial charge in [0, 0.05) is 61.2 Å². The Bertz CT molecular complexity index is 5540. The number of halogens is 16. The molecule has 3 amide bonds. The lowest BCUT2D eigenvalue weighted by atomic mass is 9.80. The van der Waals surface area contributed by atoms with Crippen molar-refractivity contribution >= 4 is 166 Å². The summed E-state index contributed by atoms with van der Waals surface area (Å²) in [7, 11) is 0.543. The van der Waals surface area contributed by atoms with Crippen molar-refractivity contribution in [2.45, 2.75) is 52.2 Å². The van der Waals surface area contributed by atoms with Gasteiger partial charge in [-0.2, -0.15) is 0 Å². The van der Waals surface area contributed by atoms with Crippen molar-refractivity contribution in [3.8, 4) is 22.3 Å². The van der Waals surface area contributed by atoms with Crippen molar-refractivity contribution in [3.63, 3.8) is 0 Å². The van der Waals surface area contributed by atoms with Crippen LogP contribution in [0.5, 0.6) is 0 Å². The minimum Gasteiger partial charge on any atom is -0.480 e. The maximum Gasteiger partial charge on any atom is 0.491 e. The van der Waals surface area contributed by atoms with Crippen LogP contribution in [0.25, 0.3) is 54.6 Å². The predicted octanol–water partition coefficient (Wildman–Crippen LogP) is 19.9. The fourth-order valence-electron chi connectivity index (χ4n) is 11.8. The van der Waals surface area contributed by atoms with Crippen LogP contribution >= 0.6 is 85.5 Å². The molecule has 0 saturated heterocycles. The number of rotatable bonds is 18. The molecule has 0 radical (unpaired) electrons. The SMILES string of the molecule is C.C.COC(=O)[C@H](Cc1ccc(-c2c(Cl)cc(F)cc2Cl)c2ccccc12)NC(=O)c1c(F)cccc1F.COC(=O)[C@H](Cc1ccc(Br)c2ccccc12)NC(=O)c1c(F)cccc1F.N#N.O=C(N[C@@H](Cc1ccc(-c2c(Cl)cc(F)cc2Cl)c2ccccc12)C(=O)O)c1c(F)cccc1F.OB(O)c1c(Cl)cc(F)cc1Cl. The van der Waals surface area contributed by atoms with E-state index < -0.39 is 130 Å². The van der Waals surface area contributed by atoms with Crippen molar-refractivity contribution in [1.29, 1.82) is 10.8 Å². The van der Waals surface area contributed by atoms with E-state index in [1.807, 2.05) is 42.5 Å². The third-order valence-electron chi connectivity index (χ3n) is 16.9. The van der Waals surface area contributed by atoms with Crippen LogP contribution in [0, 0.1) is 63.1 Å². The van der Waals surface area contributed by atoms with Crippen molar-refractivity contribution < 1.29 is 92.9 Å². The van der Waals surface area contributed by atoms with Gasteiger partial charge in [-0.05, 0) is 139 Å². The van der Waals surface area contributed by atoms with Crippen LogP contribution in [0.3, 0.4) is 0 Å². The van der Waals surface area contributed by atoms with Gasteiger partial charge in [0.15, 0.2) is 0 Å². The Balaban J connectivity index is 0.000000247. The second-order valence-corrected chi connectivity index (χ2v) is 27.2. The van der Waals surface area contributed by atoms with E-state index >= 15 is 0 Å². The highest BCUT2D eigenvalue weighted by atomic mass is 79.9. The van der Waals surface area contributed by atoms with E-state index in [0.29, 0.717) is 54.9 Å². The third kappa shape index (κ3) is 22.8. The standard InChI is InChI=1S/C27H18Cl2F3NO3.C26H16Cl2F3NO3.C21H16BrF2NO3.C6H4BCl2FO2.2CH4.N2/c1-36-27(35)23(33-26(34)25-21(31)7-4-8-22(25)32)11-14-9-10-18(17-6-3-2-5-16(14)17)24-19(28)12-15(30)13-20(24)29;27-18-11-14(29)12-19(28)23(18)17-9-8-13(15-4-1-2-5-16(15)17)10-22(26(34)35)32-25(33)24-20(30)6-3-7-21(24)31;1-28-21(27)18(25-20(26)19-16(23)7-4-8-17(19)24)11-12-9-10-15(22)14-6-3-2-5-13(12)14;8-4-1-3(10)2-5(9)6(4)7(11)12;;;1-2/h2-10,12-13,23H,11H2,1H3,(H,33,34);1-9,11-12,22H,10H2,(H,32,33)(H,34,35);2-10,18H,11H2,1H3,(H,25,26);1-2,11-12H;2*1H4;/t23-;22-;18-;;;;/m000..../s1. The quantitative estimate of drug-likeness (QED) is 0.0202. The highest BCUT2D eigenvalue weighted by molar-refractivity contribution is 9.10. The molecule has 0 bridgehead atoms. The Morgan fingerprint density at radius 3 is 0.948 bits per heavy atom. The molecule has 12 aromatic carbocycles. The van der Waals surface area contributed by atoms with Gasteiger partial charge in [0.1, 0.15) is 87.2 Å². The van der Waals surface area contributed by atoms with Crippen LogP contribution in [0.1, 0.15) is 62.6 Å². The van der Waals surface area contributed by atoms with Crippen molar-refractivity contribution in [3.05, 3.63) is 321 Å². The first-order chi connectivity index (χ1) is 53.8. The largest absolute Gasteiger partial charge is 0.491 e. The molecule has 596 valence electrons. The molecule has 3 atom stereocenters. The number of benzene rings is 12. The summed E-state index contributed by atoms with van der Waals surface area (Å²) in [6.45, 7) is 0. The first-order valence-corrected chi connectivity index (χ1v) is 35.7. The lowest BCUT2D eigenvalue weighted by Gasteiger charge is -2.19. The summed E-state index contributed by atoms with van der Waals surface area (Å²) in [6.07, 6.45) is -0.120. The monoisotopic (exact) mass is 1760 g/mol. The summed E-state index contributed by atoms with van der Waals surface area (Å²) in [6, 6.07) is 43.9. The van der Waals surface area contributed by atoms with Gasteiger partial charge in [0.2, 0.25) is 0 Å². The van der Waals surface area contributed by atoms with Gasteiger partial charge in [-0.25, -0.2) is 53.9 Å². The first kappa shape index (κ1) is 93.1. The Hall–Kier alpha value is -10.8. The van der Waals surface area contributed by atoms with Crippen molar-refractivity contribution in [2.24, 2.45) is 0 Å². The Kier molecular flexibility index (Phi) is 34.5. The molecular formula is C82H62BBrCl6F9N5O11. The number of methoxy groups -OCH3 is 2. The highest BCUT2D eigenvalue weighted by Crippen LogP contribution is 2.42. The number of nitrogens with zero attached hydrogens (tertiary/aromatic N) is 2. The van der Waals surface area contributed by atoms with Gasteiger partial charge < -0.3 is 40.6 Å². The molecule has 0 aliphatic carbocycles. The molecule has 0 spiro atoms. The molecule has 0 heterocycles. The molecule has 16 nitrogen and oxygen atoms in total. The molecule has 12 rings (SSSR count). The number of hydrogen-bond acceptors (Lipinski definition) is 12. The number of carbonyl (C=O) groups is 6. The van der Waals surface area contributed by atoms with E-state index in [2.05, 4.69) is 31.9 Å². The van der Waals surface area contributed by atoms with Crippen LogP contribution in [-0.4, -0.2) is 90.2 Å². The summed E-state index contributed by atoms with van der Waals surface area (Å²) in [4.78, 5) is 74.2. The fraction of sp³-hybridized carbons (Fsp3) is 0.122. The van der Waals surface area contributed by atoms with Crippen LogP contribution in [0.15, 0.2) is 205 Å². The Labute approximate surface area is 690 Å². The van der Waals surface area contributed by atoms with Crippen molar-refractivity contribution in [2.75, 3.05) is 14.2 Å². The van der Waals surface area contributed by atoms with Crippen LogP contribution in [0.2, 0.25) is 30.1 Å². The van der Waals surface area contributed by atoms with E-state index in [1.54, 1.807) is 66.7 Å². The number of fused-ring (bicyclic) bond motifs is 3. The van der Waals surface area contributed by atoms with Crippen LogP contribution in [0.4, 0.5) is 39.5 Å². The van der Waals surface area contributed by atoms with Crippen LogP contribution < -0.4 is 21.4 Å². The molecule has 6 N–H and O–H groups in total. The topological polar surface area (TPSA) is 265 Å². The molecule has 0 aliphatic heterocycles. The summed E-state index contributed by atoms with van der Waals surface area (Å²) in [5.41, 5.74) is 1.56. The van der Waals surface area contributed by atoms with Gasteiger partial charge in [0.25, 0.3) is 17.7 Å². The van der Waals surface area contributed by atoms with Gasteiger partial charge in [-0.3, -0.25) is 14.4 Å². The zero-order chi connectivity index (χ0) is 82.8. The van der Waals surface area contributed by atoms with E-state index in [-0.39, 0.29) is 69.7 Å². The predicted molar refractivity (Wildman–Crippen MR) is 429 cm³/mol. The molecule has 0 fully saturated rings. The lowest BCUT2D eigenvalue weighted by molar-refractivity contribution is -0.143. The molecule has 33 heteroatoms. The van der Waals surface area contributed by atoms with Gasteiger partial charge in [-0.15, -0.1) is 0 Å². The molecule has 0 aromatic heterocycles. The number of ether oxygens (including phenoxy) is 2. The van der Waals surface area contributed by atoms with Crippen molar-refractivity contribution in [1.82, 2.24) is 16.0 Å². The minimum absolute atomic E-state index is 0. The smallest absolute Gasteiger partial charge is 0.480 e. The maximum atomic E-state index is 14.1. The van der Waals surface area contributed by atoms with E-state index in [9.17, 15) is 73.4 Å². The third-order valence-corrected chi connectivity index (χ3v) is 19.4. The molecule has 12 aromatic rings. The van der Waals surface area contributed by atoms with Gasteiger partial charge >= 0.3 is 25.0 Å². The average Bonchev–Trinajstić information content (AvgIpc) is 0.771. The molecule has 0 unspecified atom stereocenters. The number of nitrogens with one attached hydrogen (secondary N) is 3. The second-order valence-electron chi connectivity index (χ2n) is 23.9. The molecule has 115 heavy (non-hydrogen) atoms. The summed E-state index contributed by atoms with van der Waals surface area (Å²) >= 11 is 39.6. The zero-order valence-corrected chi connectivity index (χ0v) is 64.2. The number of carbonyl (C=O) groups excluding carboxylic acids is 5. The number of amides is 3.